The van der Waals surface area contributed by atoms with Crippen LogP contribution in [-0.4, -0.2) is 27.1 Å². The fourth-order valence-corrected chi connectivity index (χ4v) is 2.54. The maximum absolute atomic E-state index is 11.9. The van der Waals surface area contributed by atoms with Crippen molar-refractivity contribution >= 4 is 11.7 Å². The Kier molecular flexibility index (Phi) is 3.85. The van der Waals surface area contributed by atoms with Crippen molar-refractivity contribution in [3.8, 4) is 0 Å². The number of imidazole rings is 1. The van der Waals surface area contributed by atoms with Gasteiger partial charge in [0.25, 0.3) is 0 Å². The van der Waals surface area contributed by atoms with E-state index in [1.807, 2.05) is 31.5 Å². The molecule has 110 valence electrons. The molecule has 1 aliphatic heterocycles. The van der Waals surface area contributed by atoms with Gasteiger partial charge < -0.3 is 15.2 Å². The van der Waals surface area contributed by atoms with Crippen molar-refractivity contribution in [1.82, 2.24) is 19.9 Å². The molecule has 0 saturated carbocycles. The number of nitrogens with one attached hydrogen (secondary N) is 2. The maximum Gasteiger partial charge on any atom is 0.319 e. The number of nitrogens with zero attached hydrogens (tertiary/aromatic N) is 3. The standard InChI is InChI=1S/C15H19N5O/c1-11-2-3-13(10-17-11)19-15(21)18-9-12-4-6-20-7-5-16-14(20)8-12/h2-3,5,7,10,12H,4,6,8-9H2,1H3,(H2,18,19,21). The van der Waals surface area contributed by atoms with E-state index < -0.39 is 0 Å². The Labute approximate surface area is 123 Å². The number of carbonyl (C=O) groups is 1. The third kappa shape index (κ3) is 3.39. The lowest BCUT2D eigenvalue weighted by molar-refractivity contribution is 0.248. The van der Waals surface area contributed by atoms with Crippen molar-refractivity contribution in [3.05, 3.63) is 42.2 Å². The number of rotatable bonds is 3. The number of pyridine rings is 1. The van der Waals surface area contributed by atoms with Gasteiger partial charge in [-0.05, 0) is 31.4 Å². The molecule has 3 heterocycles. The number of fused-ring (bicyclic) bond motifs is 1. The Balaban J connectivity index is 1.47. The summed E-state index contributed by atoms with van der Waals surface area (Å²) < 4.78 is 2.18. The SMILES string of the molecule is Cc1ccc(NC(=O)NCC2CCn3ccnc3C2)cn1. The first-order valence-corrected chi connectivity index (χ1v) is 7.18. The van der Waals surface area contributed by atoms with Crippen molar-refractivity contribution in [2.75, 3.05) is 11.9 Å². The molecule has 0 fully saturated rings. The molecule has 0 aliphatic carbocycles. The van der Waals surface area contributed by atoms with Crippen LogP contribution in [0.4, 0.5) is 10.5 Å². The molecule has 2 amide bonds. The number of urea groups is 1. The molecular weight excluding hydrogens is 266 g/mol. The molecule has 0 bridgehead atoms. The molecule has 0 spiro atoms. The van der Waals surface area contributed by atoms with Gasteiger partial charge in [0.05, 0.1) is 11.9 Å². The molecule has 0 radical (unpaired) electrons. The zero-order valence-electron chi connectivity index (χ0n) is 12.0. The van der Waals surface area contributed by atoms with Gasteiger partial charge in [0.2, 0.25) is 0 Å². The maximum atomic E-state index is 11.9. The van der Waals surface area contributed by atoms with Crippen LogP contribution >= 0.6 is 0 Å². The number of aromatic nitrogens is 3. The average Bonchev–Trinajstić information content (AvgIpc) is 2.95. The number of aryl methyl sites for hydroxylation is 2. The molecule has 2 aromatic rings. The number of hydrogen-bond acceptors (Lipinski definition) is 3. The first-order chi connectivity index (χ1) is 10.2. The quantitative estimate of drug-likeness (QED) is 0.905. The second-order valence-corrected chi connectivity index (χ2v) is 5.42. The first-order valence-electron chi connectivity index (χ1n) is 7.18. The lowest BCUT2D eigenvalue weighted by Crippen LogP contribution is -2.35. The lowest BCUT2D eigenvalue weighted by Gasteiger charge is -2.23. The van der Waals surface area contributed by atoms with Crippen LogP contribution in [0.1, 0.15) is 17.9 Å². The Hall–Kier alpha value is -2.37. The zero-order valence-corrected chi connectivity index (χ0v) is 12.0. The molecule has 2 aromatic heterocycles. The van der Waals surface area contributed by atoms with Crippen LogP contribution < -0.4 is 10.6 Å². The van der Waals surface area contributed by atoms with E-state index in [1.54, 1.807) is 6.20 Å². The van der Waals surface area contributed by atoms with Crippen molar-refractivity contribution in [3.63, 3.8) is 0 Å². The van der Waals surface area contributed by atoms with E-state index in [9.17, 15) is 4.79 Å². The number of amides is 2. The number of anilines is 1. The summed E-state index contributed by atoms with van der Waals surface area (Å²) in [4.78, 5) is 20.3. The summed E-state index contributed by atoms with van der Waals surface area (Å²) in [6.45, 7) is 3.56. The second kappa shape index (κ2) is 5.95. The number of carbonyl (C=O) groups excluding carboxylic acids is 1. The van der Waals surface area contributed by atoms with Gasteiger partial charge in [0.15, 0.2) is 0 Å². The van der Waals surface area contributed by atoms with Crippen LogP contribution in [0.15, 0.2) is 30.7 Å². The highest BCUT2D eigenvalue weighted by atomic mass is 16.2. The van der Waals surface area contributed by atoms with Crippen molar-refractivity contribution in [2.45, 2.75) is 26.3 Å². The van der Waals surface area contributed by atoms with E-state index in [2.05, 4.69) is 25.2 Å². The average molecular weight is 285 g/mol. The van der Waals surface area contributed by atoms with Gasteiger partial charge >= 0.3 is 6.03 Å². The van der Waals surface area contributed by atoms with Gasteiger partial charge in [-0.3, -0.25) is 4.98 Å². The van der Waals surface area contributed by atoms with Gasteiger partial charge in [0, 0.05) is 37.6 Å². The summed E-state index contributed by atoms with van der Waals surface area (Å²) in [6, 6.07) is 3.53. The minimum absolute atomic E-state index is 0.186. The monoisotopic (exact) mass is 285 g/mol. The highest BCUT2D eigenvalue weighted by Gasteiger charge is 2.19. The predicted octanol–water partition coefficient (Wildman–Crippen LogP) is 1.97. The summed E-state index contributed by atoms with van der Waals surface area (Å²) in [5.74, 6) is 1.55. The topological polar surface area (TPSA) is 71.8 Å². The van der Waals surface area contributed by atoms with Crippen LogP contribution in [0.5, 0.6) is 0 Å². The summed E-state index contributed by atoms with van der Waals surface area (Å²) >= 11 is 0. The molecule has 2 N–H and O–H groups in total. The minimum Gasteiger partial charge on any atom is -0.338 e. The van der Waals surface area contributed by atoms with Crippen LogP contribution in [0.3, 0.4) is 0 Å². The molecule has 6 nitrogen and oxygen atoms in total. The molecule has 1 atom stereocenters. The highest BCUT2D eigenvalue weighted by Crippen LogP contribution is 2.18. The normalized spacial score (nSPS) is 17.1. The fraction of sp³-hybridized carbons (Fsp3) is 0.400. The van der Waals surface area contributed by atoms with Crippen molar-refractivity contribution in [1.29, 1.82) is 0 Å². The van der Waals surface area contributed by atoms with Crippen molar-refractivity contribution < 1.29 is 4.79 Å². The fourth-order valence-electron chi connectivity index (χ4n) is 2.54. The lowest BCUT2D eigenvalue weighted by atomic mass is 9.98. The van der Waals surface area contributed by atoms with Gasteiger partial charge in [-0.1, -0.05) is 0 Å². The minimum atomic E-state index is -0.186. The molecule has 6 heteroatoms. The smallest absolute Gasteiger partial charge is 0.319 e. The van der Waals surface area contributed by atoms with Crippen LogP contribution in [0.25, 0.3) is 0 Å². The van der Waals surface area contributed by atoms with Crippen LogP contribution in [-0.2, 0) is 13.0 Å². The van der Waals surface area contributed by atoms with E-state index in [1.165, 1.54) is 0 Å². The molecule has 0 saturated heterocycles. The Bertz CT molecular complexity index is 619. The predicted molar refractivity (Wildman–Crippen MR) is 80.0 cm³/mol. The van der Waals surface area contributed by atoms with E-state index in [0.717, 1.165) is 30.9 Å². The summed E-state index contributed by atoms with van der Waals surface area (Å²) in [5.41, 5.74) is 1.64. The summed E-state index contributed by atoms with van der Waals surface area (Å²) in [7, 11) is 0. The van der Waals surface area contributed by atoms with Gasteiger partial charge in [0.1, 0.15) is 5.82 Å². The first kappa shape index (κ1) is 13.6. The van der Waals surface area contributed by atoms with E-state index in [4.69, 9.17) is 0 Å². The van der Waals surface area contributed by atoms with Crippen LogP contribution in [0.2, 0.25) is 0 Å². The molecule has 1 aliphatic rings. The third-order valence-electron chi connectivity index (χ3n) is 3.77. The van der Waals surface area contributed by atoms with E-state index in [0.29, 0.717) is 18.2 Å². The third-order valence-corrected chi connectivity index (χ3v) is 3.77. The van der Waals surface area contributed by atoms with E-state index in [-0.39, 0.29) is 6.03 Å². The zero-order chi connectivity index (χ0) is 14.7. The molecule has 21 heavy (non-hydrogen) atoms. The number of hydrogen-bond donors (Lipinski definition) is 2. The second-order valence-electron chi connectivity index (χ2n) is 5.42. The van der Waals surface area contributed by atoms with Crippen LogP contribution in [0, 0.1) is 12.8 Å². The van der Waals surface area contributed by atoms with Gasteiger partial charge in [-0.2, -0.15) is 0 Å². The molecule has 3 rings (SSSR count). The van der Waals surface area contributed by atoms with Crippen molar-refractivity contribution in [2.24, 2.45) is 5.92 Å². The Morgan fingerprint density at radius 1 is 1.43 bits per heavy atom. The summed E-state index contributed by atoms with van der Waals surface area (Å²) in [6.07, 6.45) is 7.49. The molecule has 0 aromatic carbocycles. The Morgan fingerprint density at radius 3 is 3.14 bits per heavy atom. The van der Waals surface area contributed by atoms with Gasteiger partial charge in [-0.15, -0.1) is 0 Å². The highest BCUT2D eigenvalue weighted by molar-refractivity contribution is 5.88. The summed E-state index contributed by atoms with van der Waals surface area (Å²) in [5, 5.41) is 5.71. The largest absolute Gasteiger partial charge is 0.338 e. The van der Waals surface area contributed by atoms with Gasteiger partial charge in [-0.25, -0.2) is 9.78 Å². The Morgan fingerprint density at radius 2 is 2.33 bits per heavy atom. The molecule has 1 unspecified atom stereocenters. The molecular formula is C15H19N5O. The van der Waals surface area contributed by atoms with E-state index >= 15 is 0 Å².